The topological polar surface area (TPSA) is 78.5 Å². The third-order valence-electron chi connectivity index (χ3n) is 3.27. The number of hydrogen-bond donors (Lipinski definition) is 3. The van der Waals surface area contributed by atoms with Crippen LogP contribution in [-0.4, -0.2) is 15.2 Å². The lowest BCUT2D eigenvalue weighted by atomic mass is 10.2. The van der Waals surface area contributed by atoms with E-state index in [0.717, 1.165) is 34.7 Å². The number of aromatic nitrogens is 1. The number of nitrogens with one attached hydrogen (secondary N) is 1. The zero-order chi connectivity index (χ0) is 14.8. The van der Waals surface area contributed by atoms with Crippen LogP contribution in [0.15, 0.2) is 40.8 Å². The van der Waals surface area contributed by atoms with E-state index in [1.807, 2.05) is 25.1 Å². The highest BCUT2D eigenvalue weighted by atomic mass is 16.3. The van der Waals surface area contributed by atoms with Crippen LogP contribution in [0.4, 0.5) is 5.69 Å². The predicted octanol–water partition coefficient (Wildman–Crippen LogP) is 3.41. The summed E-state index contributed by atoms with van der Waals surface area (Å²) in [5.41, 5.74) is 3.40. The second-order valence-corrected chi connectivity index (χ2v) is 4.82. The maximum absolute atomic E-state index is 9.47. The van der Waals surface area contributed by atoms with Crippen LogP contribution in [0, 0.1) is 0 Å². The Bertz CT molecular complexity index is 780. The first-order valence-electron chi connectivity index (χ1n) is 6.80. The Morgan fingerprint density at radius 3 is 2.71 bits per heavy atom. The zero-order valence-corrected chi connectivity index (χ0v) is 11.6. The minimum atomic E-state index is -0.117. The van der Waals surface area contributed by atoms with Crippen LogP contribution in [0.5, 0.6) is 11.5 Å². The first-order chi connectivity index (χ1) is 10.2. The predicted molar refractivity (Wildman–Crippen MR) is 80.5 cm³/mol. The largest absolute Gasteiger partial charge is 0.504 e. The molecule has 0 radical (unpaired) electrons. The molecular formula is C16H16N2O3. The van der Waals surface area contributed by atoms with Gasteiger partial charge in [0.05, 0.1) is 0 Å². The third kappa shape index (κ3) is 2.76. The molecule has 0 atom stereocenters. The number of benzene rings is 2. The molecule has 3 rings (SSSR count). The number of nitrogens with zero attached hydrogens (tertiary/aromatic N) is 1. The summed E-state index contributed by atoms with van der Waals surface area (Å²) in [4.78, 5) is 4.39. The number of fused-ring (bicyclic) bond motifs is 1. The monoisotopic (exact) mass is 284 g/mol. The van der Waals surface area contributed by atoms with Crippen LogP contribution in [0.25, 0.3) is 11.1 Å². The molecule has 0 aliphatic rings. The molecule has 2 aromatic carbocycles. The standard InChI is InChI=1S/C16H16N2O3/c1-2-16-18-12-8-11(4-6-15(12)21-16)17-9-10-3-5-13(19)14(20)7-10/h3-8,17,19-20H,2,9H2,1H3. The van der Waals surface area contributed by atoms with Gasteiger partial charge < -0.3 is 19.9 Å². The number of phenolic OH excluding ortho intramolecular Hbond substituents is 2. The van der Waals surface area contributed by atoms with E-state index in [9.17, 15) is 10.2 Å². The molecule has 1 heterocycles. The molecule has 0 saturated carbocycles. The minimum absolute atomic E-state index is 0.116. The number of phenols is 2. The number of anilines is 1. The summed E-state index contributed by atoms with van der Waals surface area (Å²) in [5.74, 6) is 0.495. The van der Waals surface area contributed by atoms with Crippen LogP contribution in [-0.2, 0) is 13.0 Å². The van der Waals surface area contributed by atoms with Gasteiger partial charge in [-0.2, -0.15) is 0 Å². The Hall–Kier alpha value is -2.69. The molecule has 0 unspecified atom stereocenters. The summed E-state index contributed by atoms with van der Waals surface area (Å²) in [7, 11) is 0. The number of hydrogen-bond acceptors (Lipinski definition) is 5. The molecule has 3 N–H and O–H groups in total. The maximum Gasteiger partial charge on any atom is 0.195 e. The fourth-order valence-corrected chi connectivity index (χ4v) is 2.12. The number of rotatable bonds is 4. The van der Waals surface area contributed by atoms with E-state index in [4.69, 9.17) is 4.42 Å². The van der Waals surface area contributed by atoms with Gasteiger partial charge in [-0.25, -0.2) is 4.98 Å². The van der Waals surface area contributed by atoms with Crippen molar-refractivity contribution in [1.29, 1.82) is 0 Å². The van der Waals surface area contributed by atoms with E-state index in [0.29, 0.717) is 6.54 Å². The van der Waals surface area contributed by atoms with E-state index < -0.39 is 0 Å². The zero-order valence-electron chi connectivity index (χ0n) is 11.6. The smallest absolute Gasteiger partial charge is 0.195 e. The van der Waals surface area contributed by atoms with Crippen LogP contribution in [0.1, 0.15) is 18.4 Å². The highest BCUT2D eigenvalue weighted by molar-refractivity contribution is 5.77. The lowest BCUT2D eigenvalue weighted by Gasteiger charge is -2.07. The average Bonchev–Trinajstić information content (AvgIpc) is 2.90. The van der Waals surface area contributed by atoms with Gasteiger partial charge in [-0.05, 0) is 35.9 Å². The third-order valence-corrected chi connectivity index (χ3v) is 3.27. The van der Waals surface area contributed by atoms with Crippen molar-refractivity contribution in [3.8, 4) is 11.5 Å². The average molecular weight is 284 g/mol. The molecular weight excluding hydrogens is 268 g/mol. The van der Waals surface area contributed by atoms with Crippen molar-refractivity contribution in [1.82, 2.24) is 4.98 Å². The van der Waals surface area contributed by atoms with Gasteiger partial charge in [0.1, 0.15) is 5.52 Å². The fourth-order valence-electron chi connectivity index (χ4n) is 2.12. The Kier molecular flexibility index (Phi) is 3.39. The molecule has 3 aromatic rings. The summed E-state index contributed by atoms with van der Waals surface area (Å²) < 4.78 is 5.56. The van der Waals surface area contributed by atoms with Gasteiger partial charge in [0, 0.05) is 18.7 Å². The molecule has 5 nitrogen and oxygen atoms in total. The van der Waals surface area contributed by atoms with Crippen molar-refractivity contribution < 1.29 is 14.6 Å². The van der Waals surface area contributed by atoms with Crippen molar-refractivity contribution in [3.05, 3.63) is 47.9 Å². The fraction of sp³-hybridized carbons (Fsp3) is 0.188. The Labute approximate surface area is 121 Å². The SMILES string of the molecule is CCc1nc2cc(NCc3ccc(O)c(O)c3)ccc2o1. The van der Waals surface area contributed by atoms with Crippen molar-refractivity contribution in [2.75, 3.05) is 5.32 Å². The van der Waals surface area contributed by atoms with E-state index >= 15 is 0 Å². The first kappa shape index (κ1) is 13.3. The van der Waals surface area contributed by atoms with Crippen LogP contribution >= 0.6 is 0 Å². The molecule has 0 fully saturated rings. The van der Waals surface area contributed by atoms with E-state index in [1.165, 1.54) is 12.1 Å². The van der Waals surface area contributed by atoms with Crippen molar-refractivity contribution in [2.45, 2.75) is 19.9 Å². The first-order valence-corrected chi connectivity index (χ1v) is 6.80. The molecule has 0 bridgehead atoms. The lowest BCUT2D eigenvalue weighted by Crippen LogP contribution is -1.98. The molecule has 0 saturated heterocycles. The van der Waals surface area contributed by atoms with Gasteiger partial charge in [0.15, 0.2) is 23.0 Å². The van der Waals surface area contributed by atoms with Crippen molar-refractivity contribution >= 4 is 16.8 Å². The lowest BCUT2D eigenvalue weighted by molar-refractivity contribution is 0.403. The Morgan fingerprint density at radius 1 is 1.10 bits per heavy atom. The maximum atomic E-state index is 9.47. The van der Waals surface area contributed by atoms with E-state index in [-0.39, 0.29) is 11.5 Å². The highest BCUT2D eigenvalue weighted by Gasteiger charge is 2.05. The molecule has 1 aromatic heterocycles. The summed E-state index contributed by atoms with van der Waals surface area (Å²) >= 11 is 0. The number of aryl methyl sites for hydroxylation is 1. The quantitative estimate of drug-likeness (QED) is 0.640. The second-order valence-electron chi connectivity index (χ2n) is 4.82. The van der Waals surface area contributed by atoms with Gasteiger partial charge >= 0.3 is 0 Å². The van der Waals surface area contributed by atoms with Gasteiger partial charge in [-0.15, -0.1) is 0 Å². The summed E-state index contributed by atoms with van der Waals surface area (Å²) in [6.07, 6.45) is 0.768. The molecule has 108 valence electrons. The molecule has 21 heavy (non-hydrogen) atoms. The Balaban J connectivity index is 1.76. The van der Waals surface area contributed by atoms with Crippen molar-refractivity contribution in [2.24, 2.45) is 0 Å². The van der Waals surface area contributed by atoms with Crippen LogP contribution in [0.3, 0.4) is 0 Å². The number of aromatic hydroxyl groups is 2. The van der Waals surface area contributed by atoms with E-state index in [1.54, 1.807) is 6.07 Å². The van der Waals surface area contributed by atoms with Crippen LogP contribution in [0.2, 0.25) is 0 Å². The minimum Gasteiger partial charge on any atom is -0.504 e. The summed E-state index contributed by atoms with van der Waals surface area (Å²) in [5, 5.41) is 22.0. The molecule has 0 aliphatic heterocycles. The van der Waals surface area contributed by atoms with Gasteiger partial charge in [-0.1, -0.05) is 13.0 Å². The van der Waals surface area contributed by atoms with Crippen molar-refractivity contribution in [3.63, 3.8) is 0 Å². The number of oxazole rings is 1. The molecule has 0 aliphatic carbocycles. The molecule has 0 amide bonds. The second kappa shape index (κ2) is 5.36. The highest BCUT2D eigenvalue weighted by Crippen LogP contribution is 2.26. The molecule has 0 spiro atoms. The van der Waals surface area contributed by atoms with Gasteiger partial charge in [0.2, 0.25) is 0 Å². The van der Waals surface area contributed by atoms with Gasteiger partial charge in [0.25, 0.3) is 0 Å². The van der Waals surface area contributed by atoms with Crippen LogP contribution < -0.4 is 5.32 Å². The van der Waals surface area contributed by atoms with Gasteiger partial charge in [-0.3, -0.25) is 0 Å². The Morgan fingerprint density at radius 2 is 1.95 bits per heavy atom. The normalized spacial score (nSPS) is 10.9. The summed E-state index contributed by atoms with van der Waals surface area (Å²) in [6.45, 7) is 2.54. The van der Waals surface area contributed by atoms with E-state index in [2.05, 4.69) is 10.3 Å². The summed E-state index contributed by atoms with van der Waals surface area (Å²) in [6, 6.07) is 10.5. The molecule has 5 heteroatoms.